The van der Waals surface area contributed by atoms with Crippen molar-refractivity contribution in [2.24, 2.45) is 0 Å². The number of thioether (sulfide) groups is 1. The predicted molar refractivity (Wildman–Crippen MR) is 65.0 cm³/mol. The molecule has 4 nitrogen and oxygen atoms in total. The van der Waals surface area contributed by atoms with Crippen molar-refractivity contribution in [1.29, 1.82) is 0 Å². The van der Waals surface area contributed by atoms with E-state index in [4.69, 9.17) is 5.11 Å². The molecule has 0 amide bonds. The van der Waals surface area contributed by atoms with E-state index < -0.39 is 6.10 Å². The summed E-state index contributed by atoms with van der Waals surface area (Å²) in [5.41, 5.74) is 0. The van der Waals surface area contributed by atoms with E-state index in [0.29, 0.717) is 16.2 Å². The molecule has 4 N–H and O–H groups in total. The Labute approximate surface area is 103 Å². The third-order valence-electron chi connectivity index (χ3n) is 2.31. The fourth-order valence-corrected chi connectivity index (χ4v) is 2.36. The lowest BCUT2D eigenvalue weighted by Crippen LogP contribution is -2.07. The molecule has 5 heteroatoms. The molecule has 0 radical (unpaired) electrons. The largest absolute Gasteiger partial charge is 0.508 e. The first-order valence-electron chi connectivity index (χ1n) is 5.05. The van der Waals surface area contributed by atoms with Gasteiger partial charge in [0.05, 0.1) is 15.9 Å². The Morgan fingerprint density at radius 2 is 1.94 bits per heavy atom. The van der Waals surface area contributed by atoms with Crippen LogP contribution < -0.4 is 0 Å². The van der Waals surface area contributed by atoms with Crippen LogP contribution in [0.4, 0.5) is 0 Å². The quantitative estimate of drug-likeness (QED) is 0.649. The number of aliphatic hydroxyl groups is 2. The molecule has 90 valence electrons. The highest BCUT2D eigenvalue weighted by Crippen LogP contribution is 2.39. The van der Waals surface area contributed by atoms with Gasteiger partial charge in [-0.1, -0.05) is 17.8 Å². The number of benzene rings is 1. The Hall–Kier alpha value is -1.59. The second-order valence-electron chi connectivity index (χ2n) is 3.68. The lowest BCUT2D eigenvalue weighted by atomic mass is 10.1. The van der Waals surface area contributed by atoms with Crippen molar-refractivity contribution >= 4 is 11.8 Å². The summed E-state index contributed by atoms with van der Waals surface area (Å²) in [6.45, 7) is 0. The lowest BCUT2D eigenvalue weighted by Gasteiger charge is -2.14. The highest BCUT2D eigenvalue weighted by Gasteiger charge is 2.15. The van der Waals surface area contributed by atoms with Gasteiger partial charge in [0.15, 0.2) is 0 Å². The van der Waals surface area contributed by atoms with E-state index in [1.165, 1.54) is 30.0 Å². The fraction of sp³-hybridized carbons (Fsp3) is 0.167. The normalized spacial score (nSPS) is 19.7. The molecule has 0 aliphatic heterocycles. The Kier molecular flexibility index (Phi) is 3.31. The molecule has 1 aromatic rings. The number of hydrogen-bond donors (Lipinski definition) is 4. The average Bonchev–Trinajstić information content (AvgIpc) is 2.25. The molecule has 0 saturated carbocycles. The zero-order chi connectivity index (χ0) is 12.4. The van der Waals surface area contributed by atoms with E-state index in [1.54, 1.807) is 12.1 Å². The summed E-state index contributed by atoms with van der Waals surface area (Å²) in [5, 5.41) is 37.7. The number of phenols is 2. The van der Waals surface area contributed by atoms with Gasteiger partial charge in [-0.05, 0) is 24.6 Å². The molecule has 0 bridgehead atoms. The molecular formula is C12H12O4S. The molecule has 0 unspecified atom stereocenters. The zero-order valence-electron chi connectivity index (χ0n) is 8.87. The van der Waals surface area contributed by atoms with Crippen molar-refractivity contribution in [2.75, 3.05) is 0 Å². The van der Waals surface area contributed by atoms with E-state index in [-0.39, 0.29) is 17.3 Å². The smallest absolute Gasteiger partial charge is 0.133 e. The third-order valence-corrected chi connectivity index (χ3v) is 3.47. The Morgan fingerprint density at radius 3 is 2.59 bits per heavy atom. The Morgan fingerprint density at radius 1 is 1.18 bits per heavy atom. The van der Waals surface area contributed by atoms with Crippen LogP contribution in [0.1, 0.15) is 6.42 Å². The van der Waals surface area contributed by atoms with Gasteiger partial charge < -0.3 is 20.4 Å². The second-order valence-corrected chi connectivity index (χ2v) is 4.76. The summed E-state index contributed by atoms with van der Waals surface area (Å²) in [7, 11) is 0. The third kappa shape index (κ3) is 2.75. The van der Waals surface area contributed by atoms with E-state index in [0.717, 1.165) is 0 Å². The predicted octanol–water partition coefficient (Wildman–Crippen LogP) is 2.28. The minimum atomic E-state index is -0.659. The first-order valence-corrected chi connectivity index (χ1v) is 5.87. The number of aromatic hydroxyl groups is 2. The maximum Gasteiger partial charge on any atom is 0.133 e. The number of hydrogen-bond acceptors (Lipinski definition) is 5. The van der Waals surface area contributed by atoms with Gasteiger partial charge in [0.1, 0.15) is 17.3 Å². The van der Waals surface area contributed by atoms with Crippen LogP contribution in [-0.4, -0.2) is 26.5 Å². The van der Waals surface area contributed by atoms with Crippen LogP contribution in [0.5, 0.6) is 11.5 Å². The first kappa shape index (κ1) is 11.9. The number of rotatable bonds is 2. The van der Waals surface area contributed by atoms with E-state index in [9.17, 15) is 15.3 Å². The molecule has 17 heavy (non-hydrogen) atoms. The minimum absolute atomic E-state index is 0.00113. The first-order chi connectivity index (χ1) is 8.06. The van der Waals surface area contributed by atoms with Crippen molar-refractivity contribution < 1.29 is 20.4 Å². The van der Waals surface area contributed by atoms with Crippen LogP contribution in [0.2, 0.25) is 0 Å². The van der Waals surface area contributed by atoms with Crippen LogP contribution in [0, 0.1) is 0 Å². The van der Waals surface area contributed by atoms with Gasteiger partial charge >= 0.3 is 0 Å². The molecule has 0 fully saturated rings. The molecule has 1 aromatic carbocycles. The van der Waals surface area contributed by atoms with Crippen LogP contribution >= 0.6 is 11.8 Å². The highest BCUT2D eigenvalue weighted by molar-refractivity contribution is 8.03. The SMILES string of the molecule is OC1=C[C@@H](O)CC=C1Sc1ccc(O)cc1O. The summed E-state index contributed by atoms with van der Waals surface area (Å²) in [5.74, 6) is -0.0595. The molecule has 0 spiro atoms. The molecule has 1 aliphatic rings. The van der Waals surface area contributed by atoms with Crippen LogP contribution in [0.15, 0.2) is 45.9 Å². The van der Waals surface area contributed by atoms with Gasteiger partial charge in [0.2, 0.25) is 0 Å². The minimum Gasteiger partial charge on any atom is -0.508 e. The summed E-state index contributed by atoms with van der Waals surface area (Å²) < 4.78 is 0. The van der Waals surface area contributed by atoms with Gasteiger partial charge in [-0.2, -0.15) is 0 Å². The lowest BCUT2D eigenvalue weighted by molar-refractivity contribution is 0.218. The standard InChI is InChI=1S/C12H12O4S/c13-7-1-3-11(9(15)5-7)17-12-4-2-8(14)6-10(12)16/h1,3-6,8,13-16H,2H2/t8-/m0/s1. The highest BCUT2D eigenvalue weighted by atomic mass is 32.2. The number of phenolic OH excluding ortho intramolecular Hbond substituents is 2. The van der Waals surface area contributed by atoms with Crippen molar-refractivity contribution in [2.45, 2.75) is 17.4 Å². The van der Waals surface area contributed by atoms with E-state index in [2.05, 4.69) is 0 Å². The summed E-state index contributed by atoms with van der Waals surface area (Å²) in [6.07, 6.45) is 2.84. The molecule has 1 atom stereocenters. The maximum absolute atomic E-state index is 9.63. The monoisotopic (exact) mass is 252 g/mol. The molecule has 0 saturated heterocycles. The van der Waals surface area contributed by atoms with Crippen molar-refractivity contribution in [3.8, 4) is 11.5 Å². The van der Waals surface area contributed by atoms with Crippen molar-refractivity contribution in [3.05, 3.63) is 41.0 Å². The van der Waals surface area contributed by atoms with Gasteiger partial charge in [-0.25, -0.2) is 0 Å². The second kappa shape index (κ2) is 4.73. The molecular weight excluding hydrogens is 240 g/mol. The van der Waals surface area contributed by atoms with E-state index in [1.807, 2.05) is 0 Å². The fourth-order valence-electron chi connectivity index (χ4n) is 1.47. The van der Waals surface area contributed by atoms with Crippen LogP contribution in [0.3, 0.4) is 0 Å². The molecule has 0 heterocycles. The van der Waals surface area contributed by atoms with Crippen molar-refractivity contribution in [3.63, 3.8) is 0 Å². The van der Waals surface area contributed by atoms with Gasteiger partial charge in [0, 0.05) is 6.07 Å². The average molecular weight is 252 g/mol. The zero-order valence-corrected chi connectivity index (χ0v) is 9.68. The molecule has 1 aliphatic carbocycles. The Balaban J connectivity index is 2.19. The van der Waals surface area contributed by atoms with Crippen LogP contribution in [0.25, 0.3) is 0 Å². The summed E-state index contributed by atoms with van der Waals surface area (Å²) in [6, 6.07) is 4.26. The van der Waals surface area contributed by atoms with Crippen LogP contribution in [-0.2, 0) is 0 Å². The topological polar surface area (TPSA) is 80.9 Å². The van der Waals surface area contributed by atoms with E-state index >= 15 is 0 Å². The van der Waals surface area contributed by atoms with Gasteiger partial charge in [-0.3, -0.25) is 0 Å². The Bertz CT molecular complexity index is 493. The molecule has 0 aromatic heterocycles. The van der Waals surface area contributed by atoms with Crippen molar-refractivity contribution in [1.82, 2.24) is 0 Å². The molecule has 2 rings (SSSR count). The van der Waals surface area contributed by atoms with Gasteiger partial charge in [0.25, 0.3) is 0 Å². The maximum atomic E-state index is 9.63. The number of aliphatic hydroxyl groups excluding tert-OH is 2. The summed E-state index contributed by atoms with van der Waals surface area (Å²) >= 11 is 1.18. The van der Waals surface area contributed by atoms with Gasteiger partial charge in [-0.15, -0.1) is 0 Å². The summed E-state index contributed by atoms with van der Waals surface area (Å²) in [4.78, 5) is 1.11.